The van der Waals surface area contributed by atoms with Crippen molar-refractivity contribution < 1.29 is 23.0 Å². The molecule has 0 saturated carbocycles. The van der Waals surface area contributed by atoms with Crippen molar-refractivity contribution in [3.05, 3.63) is 0 Å². The first kappa shape index (κ1) is 10.7. The number of hydrogen-bond donors (Lipinski definition) is 2. The van der Waals surface area contributed by atoms with Crippen molar-refractivity contribution in [3.8, 4) is 0 Å². The number of ether oxygens (including phenoxy) is 1. The molecule has 2 N–H and O–H groups in total. The highest BCUT2D eigenvalue weighted by molar-refractivity contribution is 4.78. The van der Waals surface area contributed by atoms with Gasteiger partial charge >= 0.3 is 6.18 Å². The van der Waals surface area contributed by atoms with E-state index < -0.39 is 18.2 Å². The number of nitrogens with one attached hydrogen (secondary N) is 1. The van der Waals surface area contributed by atoms with Gasteiger partial charge in [-0.2, -0.15) is 13.2 Å². The topological polar surface area (TPSA) is 41.5 Å². The minimum atomic E-state index is -4.56. The maximum Gasteiger partial charge on any atom is 0.414 e. The molecular weight excluding hydrogens is 187 g/mol. The van der Waals surface area contributed by atoms with Crippen LogP contribution >= 0.6 is 0 Å². The molecule has 2 atom stereocenters. The lowest BCUT2D eigenvalue weighted by molar-refractivity contribution is -0.222. The fraction of sp³-hybridized carbons (Fsp3) is 1.00. The van der Waals surface area contributed by atoms with E-state index in [4.69, 9.17) is 9.84 Å². The molecule has 0 aliphatic carbocycles. The van der Waals surface area contributed by atoms with Gasteiger partial charge in [0.05, 0.1) is 13.2 Å². The Hall–Kier alpha value is -0.330. The van der Waals surface area contributed by atoms with Crippen molar-refractivity contribution in [1.82, 2.24) is 5.32 Å². The lowest BCUT2D eigenvalue weighted by Crippen LogP contribution is -2.41. The largest absolute Gasteiger partial charge is 0.414 e. The average molecular weight is 199 g/mol. The highest BCUT2D eigenvalue weighted by Crippen LogP contribution is 2.25. The SMILES string of the molecule is OC(C1CNCCOC1)C(F)(F)F. The summed E-state index contributed by atoms with van der Waals surface area (Å²) in [5.41, 5.74) is 0. The van der Waals surface area contributed by atoms with Gasteiger partial charge in [-0.25, -0.2) is 0 Å². The minimum absolute atomic E-state index is 0.0479. The van der Waals surface area contributed by atoms with Crippen molar-refractivity contribution in [2.24, 2.45) is 5.92 Å². The molecular formula is C7H12F3NO2. The predicted octanol–water partition coefficient (Wildman–Crippen LogP) is 0.146. The molecule has 78 valence electrons. The standard InChI is InChI=1S/C7H12F3NO2/c8-7(9,10)6(12)5-3-11-1-2-13-4-5/h5-6,11-12H,1-4H2. The zero-order valence-electron chi connectivity index (χ0n) is 6.97. The molecule has 1 heterocycles. The second-order valence-corrected chi connectivity index (χ2v) is 3.03. The molecule has 13 heavy (non-hydrogen) atoms. The molecule has 0 radical (unpaired) electrons. The van der Waals surface area contributed by atoms with Gasteiger partial charge in [-0.1, -0.05) is 0 Å². The van der Waals surface area contributed by atoms with Gasteiger partial charge in [0.1, 0.15) is 0 Å². The summed E-state index contributed by atoms with van der Waals surface area (Å²) in [4.78, 5) is 0. The van der Waals surface area contributed by atoms with Crippen molar-refractivity contribution >= 4 is 0 Å². The Labute approximate surface area is 73.9 Å². The summed E-state index contributed by atoms with van der Waals surface area (Å²) < 4.78 is 41.0. The van der Waals surface area contributed by atoms with Crippen LogP contribution in [0, 0.1) is 5.92 Å². The van der Waals surface area contributed by atoms with E-state index >= 15 is 0 Å². The van der Waals surface area contributed by atoms with Crippen LogP contribution in [0.3, 0.4) is 0 Å². The molecule has 0 spiro atoms. The Morgan fingerprint density at radius 1 is 1.46 bits per heavy atom. The molecule has 1 aliphatic rings. The molecule has 1 saturated heterocycles. The smallest absolute Gasteiger partial charge is 0.383 e. The molecule has 0 aromatic carbocycles. The Morgan fingerprint density at radius 3 is 2.77 bits per heavy atom. The first-order valence-electron chi connectivity index (χ1n) is 4.05. The number of aliphatic hydroxyl groups is 1. The summed E-state index contributed by atoms with van der Waals surface area (Å²) in [6.07, 6.45) is -6.85. The fourth-order valence-electron chi connectivity index (χ4n) is 1.20. The lowest BCUT2D eigenvalue weighted by atomic mass is 10.0. The number of hydrogen-bond acceptors (Lipinski definition) is 3. The Kier molecular flexibility index (Phi) is 3.52. The zero-order valence-corrected chi connectivity index (χ0v) is 6.97. The third kappa shape index (κ3) is 3.13. The van der Waals surface area contributed by atoms with E-state index in [-0.39, 0.29) is 13.2 Å². The van der Waals surface area contributed by atoms with Crippen molar-refractivity contribution in [2.45, 2.75) is 12.3 Å². The van der Waals surface area contributed by atoms with Crippen LogP contribution in [0.4, 0.5) is 13.2 Å². The Balaban J connectivity index is 2.48. The molecule has 0 aromatic rings. The molecule has 3 nitrogen and oxygen atoms in total. The summed E-state index contributed by atoms with van der Waals surface area (Å²) >= 11 is 0. The first-order valence-corrected chi connectivity index (χ1v) is 4.05. The van der Waals surface area contributed by atoms with Crippen molar-refractivity contribution in [2.75, 3.05) is 26.3 Å². The Bertz CT molecular complexity index is 154. The summed E-state index contributed by atoms with van der Waals surface area (Å²) in [5, 5.41) is 11.7. The predicted molar refractivity (Wildman–Crippen MR) is 39.2 cm³/mol. The fourth-order valence-corrected chi connectivity index (χ4v) is 1.20. The minimum Gasteiger partial charge on any atom is -0.383 e. The molecule has 1 aliphatic heterocycles. The van der Waals surface area contributed by atoms with E-state index in [1.807, 2.05) is 0 Å². The number of halogens is 3. The number of aliphatic hydroxyl groups excluding tert-OH is 1. The van der Waals surface area contributed by atoms with Crippen LogP contribution in [0.1, 0.15) is 0 Å². The third-order valence-electron chi connectivity index (χ3n) is 1.94. The highest BCUT2D eigenvalue weighted by Gasteiger charge is 2.43. The second kappa shape index (κ2) is 4.26. The Morgan fingerprint density at radius 2 is 2.15 bits per heavy atom. The van der Waals surface area contributed by atoms with E-state index in [1.54, 1.807) is 0 Å². The van der Waals surface area contributed by atoms with E-state index in [0.717, 1.165) is 0 Å². The van der Waals surface area contributed by atoms with Crippen LogP contribution in [-0.2, 0) is 4.74 Å². The zero-order chi connectivity index (χ0) is 9.90. The van der Waals surface area contributed by atoms with Crippen LogP contribution in [0.15, 0.2) is 0 Å². The molecule has 1 fully saturated rings. The molecule has 0 bridgehead atoms. The second-order valence-electron chi connectivity index (χ2n) is 3.03. The van der Waals surface area contributed by atoms with Crippen LogP contribution in [0.2, 0.25) is 0 Å². The van der Waals surface area contributed by atoms with Crippen molar-refractivity contribution in [1.29, 1.82) is 0 Å². The van der Waals surface area contributed by atoms with Gasteiger partial charge in [0.15, 0.2) is 6.10 Å². The van der Waals surface area contributed by atoms with E-state index in [0.29, 0.717) is 13.2 Å². The molecule has 0 amide bonds. The maximum absolute atomic E-state index is 12.0. The normalized spacial score (nSPS) is 28.2. The average Bonchev–Trinajstić information content (AvgIpc) is 2.28. The third-order valence-corrected chi connectivity index (χ3v) is 1.94. The molecule has 6 heteroatoms. The van der Waals surface area contributed by atoms with Gasteiger partial charge in [-0.3, -0.25) is 0 Å². The van der Waals surface area contributed by atoms with Crippen molar-refractivity contribution in [3.63, 3.8) is 0 Å². The van der Waals surface area contributed by atoms with Gasteiger partial charge in [0, 0.05) is 19.0 Å². The van der Waals surface area contributed by atoms with E-state index in [9.17, 15) is 13.2 Å². The number of rotatable bonds is 1. The van der Waals surface area contributed by atoms with Gasteiger partial charge in [0.25, 0.3) is 0 Å². The summed E-state index contributed by atoms with van der Waals surface area (Å²) in [5.74, 6) is -0.900. The van der Waals surface area contributed by atoms with Gasteiger partial charge in [-0.15, -0.1) is 0 Å². The molecule has 0 aromatic heterocycles. The summed E-state index contributed by atoms with van der Waals surface area (Å²) in [6.45, 7) is 1.01. The molecule has 2 unspecified atom stereocenters. The van der Waals surface area contributed by atoms with Gasteiger partial charge < -0.3 is 15.2 Å². The maximum atomic E-state index is 12.0. The van der Waals surface area contributed by atoms with Crippen LogP contribution in [0.25, 0.3) is 0 Å². The monoisotopic (exact) mass is 199 g/mol. The van der Waals surface area contributed by atoms with E-state index in [1.165, 1.54) is 0 Å². The summed E-state index contributed by atoms with van der Waals surface area (Å²) in [6, 6.07) is 0. The molecule has 1 rings (SSSR count). The van der Waals surface area contributed by atoms with E-state index in [2.05, 4.69) is 5.32 Å². The van der Waals surface area contributed by atoms with Gasteiger partial charge in [0.2, 0.25) is 0 Å². The highest BCUT2D eigenvalue weighted by atomic mass is 19.4. The number of alkyl halides is 3. The quantitative estimate of drug-likeness (QED) is 0.631. The van der Waals surface area contributed by atoms with Crippen LogP contribution in [0.5, 0.6) is 0 Å². The van der Waals surface area contributed by atoms with Crippen LogP contribution < -0.4 is 5.32 Å². The lowest BCUT2D eigenvalue weighted by Gasteiger charge is -2.22. The summed E-state index contributed by atoms with van der Waals surface area (Å²) in [7, 11) is 0. The van der Waals surface area contributed by atoms with Gasteiger partial charge in [-0.05, 0) is 0 Å². The first-order chi connectivity index (χ1) is 6.02. The van der Waals surface area contributed by atoms with Crippen LogP contribution in [-0.4, -0.2) is 43.7 Å².